The van der Waals surface area contributed by atoms with E-state index < -0.39 is 0 Å². The lowest BCUT2D eigenvalue weighted by molar-refractivity contribution is -0.663. The topological polar surface area (TPSA) is 21.5 Å². The van der Waals surface area contributed by atoms with E-state index >= 15 is 0 Å². The van der Waals surface area contributed by atoms with Gasteiger partial charge in [-0.25, -0.2) is 9.10 Å². The number of carbonyl (C=O) groups excluding carboxylic acids is 1. The zero-order valence-corrected chi connectivity index (χ0v) is 11.9. The number of hydrogen-bond acceptors (Lipinski definition) is 2. The van der Waals surface area contributed by atoms with E-state index in [1.807, 2.05) is 0 Å². The second kappa shape index (κ2) is 9.34. The molecule has 1 rings (SSSR count). The molecule has 0 fully saturated rings. The molecule has 16 heavy (non-hydrogen) atoms. The van der Waals surface area contributed by atoms with Gasteiger partial charge in [0.25, 0.3) is 0 Å². The lowest BCUT2D eigenvalue weighted by Gasteiger charge is -2.06. The van der Waals surface area contributed by atoms with Gasteiger partial charge >= 0.3 is 5.91 Å². The first-order chi connectivity index (χ1) is 7.24. The van der Waals surface area contributed by atoms with E-state index in [-0.39, 0.29) is 18.3 Å². The molecule has 0 saturated heterocycles. The maximum atomic E-state index is 11.3. The van der Waals surface area contributed by atoms with Gasteiger partial charge in [-0.05, 0) is 12.8 Å². The van der Waals surface area contributed by atoms with Crippen molar-refractivity contribution in [3.05, 3.63) is 10.4 Å². The maximum absolute atomic E-state index is 11.3. The van der Waals surface area contributed by atoms with Gasteiger partial charge < -0.3 is 12.4 Å². The first-order valence-corrected chi connectivity index (χ1v) is 6.88. The summed E-state index contributed by atoms with van der Waals surface area (Å²) in [5, 5.41) is 0. The van der Waals surface area contributed by atoms with Gasteiger partial charge in [-0.1, -0.05) is 44.2 Å². The minimum atomic E-state index is 0. The summed E-state index contributed by atoms with van der Waals surface area (Å²) in [6, 6.07) is 0. The second-order valence-electron chi connectivity index (χ2n) is 3.86. The molecule has 2 nitrogen and oxygen atoms in total. The van der Waals surface area contributed by atoms with Crippen LogP contribution in [0.5, 0.6) is 0 Å². The van der Waals surface area contributed by atoms with E-state index in [2.05, 4.69) is 6.92 Å². The van der Waals surface area contributed by atoms with Crippen LogP contribution in [0.25, 0.3) is 0 Å². The number of hydrogen-bond donors (Lipinski definition) is 1. The van der Waals surface area contributed by atoms with Gasteiger partial charge in [-0.3, -0.25) is 0 Å². The Bertz CT molecular complexity index is 246. The fraction of sp³-hybridized carbons (Fsp3) is 0.727. The monoisotopic (exact) mass is 283 g/mol. The smallest absolute Gasteiger partial charge is 0.350 e. The van der Waals surface area contributed by atoms with Crippen molar-refractivity contribution in [2.45, 2.75) is 45.4 Å². The number of amides is 1. The van der Waals surface area contributed by atoms with Crippen molar-refractivity contribution < 1.29 is 21.5 Å². The fourth-order valence-corrected chi connectivity index (χ4v) is 2.81. The van der Waals surface area contributed by atoms with Crippen LogP contribution >= 0.6 is 23.5 Å². The van der Waals surface area contributed by atoms with Crippen LogP contribution in [0.4, 0.5) is 0 Å². The van der Waals surface area contributed by atoms with Crippen molar-refractivity contribution >= 4 is 29.5 Å². The van der Waals surface area contributed by atoms with Crippen LogP contribution in [-0.2, 0) is 4.79 Å². The molecule has 0 aromatic carbocycles. The lowest BCUT2D eigenvalue weighted by Crippen LogP contribution is -3.06. The molecule has 0 spiro atoms. The molecule has 94 valence electrons. The van der Waals surface area contributed by atoms with Crippen molar-refractivity contribution in [1.29, 1.82) is 0 Å². The average Bonchev–Trinajstić information content (AvgIpc) is 2.51. The number of unbranched alkanes of at least 4 members (excludes halogenated alkanes) is 5. The van der Waals surface area contributed by atoms with Gasteiger partial charge in [-0.15, -0.1) is 0 Å². The highest BCUT2D eigenvalue weighted by molar-refractivity contribution is 7.99. The predicted molar refractivity (Wildman–Crippen MR) is 65.7 cm³/mol. The summed E-state index contributed by atoms with van der Waals surface area (Å²) in [6.45, 7) is 3.12. The van der Waals surface area contributed by atoms with Crippen LogP contribution in [0, 0.1) is 0 Å². The van der Waals surface area contributed by atoms with Gasteiger partial charge in [0.05, 0.1) is 12.6 Å². The highest BCUT2D eigenvalue weighted by atomic mass is 35.5. The Balaban J connectivity index is 0.00000225. The molecule has 0 radical (unpaired) electrons. The van der Waals surface area contributed by atoms with Crippen LogP contribution in [0.3, 0.4) is 0 Å². The lowest BCUT2D eigenvalue weighted by atomic mass is 10.1. The first-order valence-electron chi connectivity index (χ1n) is 5.69. The molecule has 1 aliphatic heterocycles. The predicted octanol–water partition coefficient (Wildman–Crippen LogP) is -0.496. The summed E-state index contributed by atoms with van der Waals surface area (Å²) in [5.74, 6) is 0.124. The zero-order chi connectivity index (χ0) is 11.1. The highest BCUT2D eigenvalue weighted by Crippen LogP contribution is 2.16. The molecule has 0 bridgehead atoms. The third-order valence-corrected chi connectivity index (χ3v) is 3.80. The quantitative estimate of drug-likeness (QED) is 0.503. The molecule has 1 unspecified atom stereocenters. The van der Waals surface area contributed by atoms with Crippen LogP contribution in [0.1, 0.15) is 45.4 Å². The number of rotatable bonds is 7. The third kappa shape index (κ3) is 6.14. The van der Waals surface area contributed by atoms with Gasteiger partial charge in [0.15, 0.2) is 0 Å². The average molecular weight is 284 g/mol. The zero-order valence-electron chi connectivity index (χ0n) is 9.60. The molecular weight excluding hydrogens is 265 g/mol. The fourth-order valence-electron chi connectivity index (χ4n) is 1.62. The van der Waals surface area contributed by atoms with E-state index in [1.165, 1.54) is 50.1 Å². The van der Waals surface area contributed by atoms with E-state index in [0.717, 1.165) is 17.3 Å². The Morgan fingerprint density at radius 1 is 1.25 bits per heavy atom. The number of nitrogens with one attached hydrogen (secondary N) is 1. The standard InChI is InChI=1S/C11H18ClNOS.ClH/c1-2-3-4-5-6-7-8-13-11(14)9-10(12)15-13;/h9H,2-8H2,1H3;1H. The molecule has 0 aromatic rings. The first kappa shape index (κ1) is 16.3. The Kier molecular flexibility index (Phi) is 9.52. The van der Waals surface area contributed by atoms with Gasteiger partial charge in [0.1, 0.15) is 16.3 Å². The summed E-state index contributed by atoms with van der Waals surface area (Å²) >= 11 is 7.20. The van der Waals surface area contributed by atoms with Gasteiger partial charge in [0.2, 0.25) is 0 Å². The summed E-state index contributed by atoms with van der Waals surface area (Å²) in [7, 11) is 0. The largest absolute Gasteiger partial charge is 1.00 e. The molecule has 0 aromatic heterocycles. The Hall–Kier alpha value is 0.300. The Morgan fingerprint density at radius 2 is 1.88 bits per heavy atom. The third-order valence-electron chi connectivity index (χ3n) is 2.50. The van der Waals surface area contributed by atoms with Crippen molar-refractivity contribution in [2.75, 3.05) is 6.54 Å². The molecule has 0 aliphatic carbocycles. The molecule has 1 N–H and O–H groups in total. The van der Waals surface area contributed by atoms with E-state index in [1.54, 1.807) is 0 Å². The molecule has 1 atom stereocenters. The molecular formula is C11H19Cl2NOS. The minimum absolute atomic E-state index is 0. The summed E-state index contributed by atoms with van der Waals surface area (Å²) in [5.41, 5.74) is 0. The maximum Gasteiger partial charge on any atom is 0.350 e. The van der Waals surface area contributed by atoms with Crippen LogP contribution in [-0.4, -0.2) is 12.5 Å². The number of quaternary nitrogens is 1. The minimum Gasteiger partial charge on any atom is -1.00 e. The summed E-state index contributed by atoms with van der Waals surface area (Å²) in [4.78, 5) is 11.3. The Labute approximate surface area is 113 Å². The molecule has 1 aliphatic rings. The normalized spacial score (nSPS) is 19.5. The van der Waals surface area contributed by atoms with Crippen LogP contribution < -0.4 is 16.7 Å². The molecule has 5 heteroatoms. The summed E-state index contributed by atoms with van der Waals surface area (Å²) < 4.78 is 1.55. The van der Waals surface area contributed by atoms with Gasteiger partial charge in [-0.2, -0.15) is 0 Å². The van der Waals surface area contributed by atoms with Crippen molar-refractivity contribution in [2.24, 2.45) is 0 Å². The number of halogens is 2. The van der Waals surface area contributed by atoms with Crippen molar-refractivity contribution in [3.63, 3.8) is 0 Å². The molecule has 1 amide bonds. The van der Waals surface area contributed by atoms with Crippen LogP contribution in [0.15, 0.2) is 10.4 Å². The second-order valence-corrected chi connectivity index (χ2v) is 5.62. The van der Waals surface area contributed by atoms with Gasteiger partial charge in [0, 0.05) is 0 Å². The Morgan fingerprint density at radius 3 is 2.44 bits per heavy atom. The van der Waals surface area contributed by atoms with Crippen molar-refractivity contribution in [3.8, 4) is 0 Å². The molecule has 0 saturated carbocycles. The molecule has 1 heterocycles. The van der Waals surface area contributed by atoms with E-state index in [0.29, 0.717) is 4.36 Å². The van der Waals surface area contributed by atoms with E-state index in [9.17, 15) is 4.79 Å². The SMILES string of the molecule is CCCCCCCC[NH+]1SC(Cl)=CC1=O.[Cl-]. The van der Waals surface area contributed by atoms with E-state index in [4.69, 9.17) is 11.6 Å². The van der Waals surface area contributed by atoms with Crippen molar-refractivity contribution in [1.82, 2.24) is 0 Å². The number of carbonyl (C=O) groups is 1. The summed E-state index contributed by atoms with van der Waals surface area (Å²) in [6.07, 6.45) is 9.11. The highest BCUT2D eigenvalue weighted by Gasteiger charge is 2.27. The van der Waals surface area contributed by atoms with Crippen LogP contribution in [0.2, 0.25) is 0 Å².